The first-order valence-corrected chi connectivity index (χ1v) is 7.27. The van der Waals surface area contributed by atoms with E-state index in [0.717, 1.165) is 5.56 Å². The minimum absolute atomic E-state index is 0.0163. The molecule has 1 aromatic carbocycles. The number of furan rings is 1. The second-order valence-electron chi connectivity index (χ2n) is 5.22. The number of nitrogens with zero attached hydrogens (tertiary/aromatic N) is 1. The van der Waals surface area contributed by atoms with Crippen LogP contribution < -0.4 is 5.32 Å². The third kappa shape index (κ3) is 4.98. The number of carbonyl (C=O) groups is 3. The summed E-state index contributed by atoms with van der Waals surface area (Å²) in [7, 11) is 1.46. The molecular weight excluding hydrogens is 312 g/mol. The fraction of sp³-hybridized carbons (Fsp3) is 0.235. The van der Waals surface area contributed by atoms with Crippen LogP contribution in [0.5, 0.6) is 0 Å². The SMILES string of the molecule is Cc1ccc(NC(=O)CN(C)C(=O)COC(=O)c2ccco2)cc1. The molecule has 1 aromatic heterocycles. The molecule has 1 N–H and O–H groups in total. The molecule has 0 fully saturated rings. The number of carbonyl (C=O) groups excluding carboxylic acids is 3. The van der Waals surface area contributed by atoms with E-state index in [1.54, 1.807) is 18.2 Å². The van der Waals surface area contributed by atoms with Crippen LogP contribution in [0.15, 0.2) is 47.1 Å². The smallest absolute Gasteiger partial charge is 0.374 e. The van der Waals surface area contributed by atoms with E-state index in [4.69, 9.17) is 9.15 Å². The molecule has 7 heteroatoms. The standard InChI is InChI=1S/C17H18N2O5/c1-12-5-7-13(8-6-12)18-15(20)10-19(2)16(21)11-24-17(22)14-4-3-9-23-14/h3-9H,10-11H2,1-2H3,(H,18,20). The first-order chi connectivity index (χ1) is 11.5. The van der Waals surface area contributed by atoms with Crippen LogP contribution in [-0.2, 0) is 14.3 Å². The highest BCUT2D eigenvalue weighted by molar-refractivity contribution is 5.95. The number of esters is 1. The average Bonchev–Trinajstić information content (AvgIpc) is 3.08. The van der Waals surface area contributed by atoms with Gasteiger partial charge >= 0.3 is 5.97 Å². The topological polar surface area (TPSA) is 88.9 Å². The molecule has 0 aliphatic rings. The maximum atomic E-state index is 11.9. The highest BCUT2D eigenvalue weighted by Gasteiger charge is 2.17. The Morgan fingerprint density at radius 1 is 1.17 bits per heavy atom. The summed E-state index contributed by atoms with van der Waals surface area (Å²) in [5.41, 5.74) is 1.73. The summed E-state index contributed by atoms with van der Waals surface area (Å²) in [5, 5.41) is 2.69. The van der Waals surface area contributed by atoms with E-state index in [1.807, 2.05) is 19.1 Å². The summed E-state index contributed by atoms with van der Waals surface area (Å²) in [4.78, 5) is 36.5. The summed E-state index contributed by atoms with van der Waals surface area (Å²) in [5.74, 6) is -1.55. The van der Waals surface area contributed by atoms with Gasteiger partial charge in [-0.15, -0.1) is 0 Å². The minimum atomic E-state index is -0.731. The molecule has 0 saturated heterocycles. The van der Waals surface area contributed by atoms with Gasteiger partial charge in [-0.1, -0.05) is 17.7 Å². The molecule has 0 spiro atoms. The Morgan fingerprint density at radius 3 is 2.50 bits per heavy atom. The highest BCUT2D eigenvalue weighted by atomic mass is 16.5. The number of ether oxygens (including phenoxy) is 1. The van der Waals surface area contributed by atoms with Crippen LogP contribution >= 0.6 is 0 Å². The fourth-order valence-corrected chi connectivity index (χ4v) is 1.84. The highest BCUT2D eigenvalue weighted by Crippen LogP contribution is 2.08. The van der Waals surface area contributed by atoms with E-state index < -0.39 is 18.5 Å². The van der Waals surface area contributed by atoms with Gasteiger partial charge in [-0.2, -0.15) is 0 Å². The summed E-state index contributed by atoms with van der Waals surface area (Å²) >= 11 is 0. The van der Waals surface area contributed by atoms with Crippen molar-refractivity contribution in [2.45, 2.75) is 6.92 Å². The van der Waals surface area contributed by atoms with Crippen LogP contribution in [0, 0.1) is 6.92 Å². The van der Waals surface area contributed by atoms with Crippen LogP contribution in [0.1, 0.15) is 16.1 Å². The van der Waals surface area contributed by atoms with Crippen LogP contribution in [0.3, 0.4) is 0 Å². The molecule has 24 heavy (non-hydrogen) atoms. The molecule has 0 atom stereocenters. The number of benzene rings is 1. The molecule has 126 valence electrons. The third-order valence-electron chi connectivity index (χ3n) is 3.19. The van der Waals surface area contributed by atoms with Crippen LogP contribution in [0.25, 0.3) is 0 Å². The maximum Gasteiger partial charge on any atom is 0.374 e. The Labute approximate surface area is 139 Å². The summed E-state index contributed by atoms with van der Waals surface area (Å²) in [6, 6.07) is 10.3. The van der Waals surface area contributed by atoms with Gasteiger partial charge in [0.25, 0.3) is 5.91 Å². The zero-order valence-electron chi connectivity index (χ0n) is 13.4. The van der Waals surface area contributed by atoms with Crippen molar-refractivity contribution in [1.82, 2.24) is 4.90 Å². The van der Waals surface area contributed by atoms with Gasteiger partial charge in [0.15, 0.2) is 6.61 Å². The molecule has 1 heterocycles. The van der Waals surface area contributed by atoms with E-state index in [1.165, 1.54) is 24.3 Å². The molecule has 0 aliphatic heterocycles. The van der Waals surface area contributed by atoms with Gasteiger partial charge < -0.3 is 19.4 Å². The van der Waals surface area contributed by atoms with Crippen molar-refractivity contribution in [3.05, 3.63) is 54.0 Å². The number of hydrogen-bond acceptors (Lipinski definition) is 5. The van der Waals surface area contributed by atoms with Gasteiger partial charge in [-0.25, -0.2) is 4.79 Å². The second-order valence-corrected chi connectivity index (χ2v) is 5.22. The largest absolute Gasteiger partial charge is 0.457 e. The Morgan fingerprint density at radius 2 is 1.88 bits per heavy atom. The van der Waals surface area contributed by atoms with Crippen molar-refractivity contribution >= 4 is 23.5 Å². The summed E-state index contributed by atoms with van der Waals surface area (Å²) < 4.78 is 9.69. The molecule has 0 bridgehead atoms. The van der Waals surface area contributed by atoms with E-state index in [-0.39, 0.29) is 18.2 Å². The molecule has 0 aliphatic carbocycles. The van der Waals surface area contributed by atoms with E-state index >= 15 is 0 Å². The predicted molar refractivity (Wildman–Crippen MR) is 86.4 cm³/mol. The summed E-state index contributed by atoms with van der Waals surface area (Å²) in [6.07, 6.45) is 1.33. The number of nitrogens with one attached hydrogen (secondary N) is 1. The first-order valence-electron chi connectivity index (χ1n) is 7.27. The lowest BCUT2D eigenvalue weighted by atomic mass is 10.2. The number of likely N-dealkylation sites (N-methyl/N-ethyl adjacent to an activating group) is 1. The van der Waals surface area contributed by atoms with E-state index in [9.17, 15) is 14.4 Å². The average molecular weight is 330 g/mol. The van der Waals surface area contributed by atoms with Gasteiger partial charge in [0.2, 0.25) is 11.7 Å². The third-order valence-corrected chi connectivity index (χ3v) is 3.19. The fourth-order valence-electron chi connectivity index (χ4n) is 1.84. The Kier molecular flexibility index (Phi) is 5.73. The van der Waals surface area contributed by atoms with E-state index in [2.05, 4.69) is 5.32 Å². The minimum Gasteiger partial charge on any atom is -0.457 e. The Bertz CT molecular complexity index is 707. The van der Waals surface area contributed by atoms with Crippen molar-refractivity contribution in [3.8, 4) is 0 Å². The molecule has 0 saturated carbocycles. The quantitative estimate of drug-likeness (QED) is 0.817. The van der Waals surface area contributed by atoms with Crippen molar-refractivity contribution in [3.63, 3.8) is 0 Å². The van der Waals surface area contributed by atoms with E-state index in [0.29, 0.717) is 5.69 Å². The summed E-state index contributed by atoms with van der Waals surface area (Å²) in [6.45, 7) is 1.33. The number of hydrogen-bond donors (Lipinski definition) is 1. The lowest BCUT2D eigenvalue weighted by molar-refractivity contribution is -0.136. The Balaban J connectivity index is 1.77. The lowest BCUT2D eigenvalue weighted by Crippen LogP contribution is -2.37. The molecule has 2 aromatic rings. The van der Waals surface area contributed by atoms with Gasteiger partial charge in [0.1, 0.15) is 0 Å². The Hall–Kier alpha value is -3.09. The monoisotopic (exact) mass is 330 g/mol. The number of amides is 2. The second kappa shape index (κ2) is 7.96. The molecule has 0 radical (unpaired) electrons. The van der Waals surface area contributed by atoms with Crippen molar-refractivity contribution in [1.29, 1.82) is 0 Å². The van der Waals surface area contributed by atoms with Crippen LogP contribution in [0.4, 0.5) is 5.69 Å². The first kappa shape index (κ1) is 17.3. The van der Waals surface area contributed by atoms with Gasteiger partial charge in [-0.05, 0) is 31.2 Å². The molecule has 2 amide bonds. The zero-order valence-corrected chi connectivity index (χ0v) is 13.4. The van der Waals surface area contributed by atoms with Crippen molar-refractivity contribution in [2.75, 3.05) is 25.5 Å². The number of anilines is 1. The number of aryl methyl sites for hydroxylation is 1. The number of rotatable bonds is 6. The van der Waals surface area contributed by atoms with Gasteiger partial charge in [-0.3, -0.25) is 9.59 Å². The van der Waals surface area contributed by atoms with Crippen LogP contribution in [-0.4, -0.2) is 42.9 Å². The molecule has 0 unspecified atom stereocenters. The lowest BCUT2D eigenvalue weighted by Gasteiger charge is -2.16. The molecule has 2 rings (SSSR count). The van der Waals surface area contributed by atoms with Crippen molar-refractivity contribution < 1.29 is 23.5 Å². The normalized spacial score (nSPS) is 10.1. The van der Waals surface area contributed by atoms with Gasteiger partial charge in [0, 0.05) is 12.7 Å². The zero-order chi connectivity index (χ0) is 17.5. The molecular formula is C17H18N2O5. The van der Waals surface area contributed by atoms with Crippen molar-refractivity contribution in [2.24, 2.45) is 0 Å². The maximum absolute atomic E-state index is 11.9. The predicted octanol–water partition coefficient (Wildman–Crippen LogP) is 1.84. The molecule has 7 nitrogen and oxygen atoms in total. The van der Waals surface area contributed by atoms with Crippen LogP contribution in [0.2, 0.25) is 0 Å². The van der Waals surface area contributed by atoms with Gasteiger partial charge in [0.05, 0.1) is 12.8 Å².